The molecule has 1 aromatic carbocycles. The molecule has 1 aromatic rings. The summed E-state index contributed by atoms with van der Waals surface area (Å²) in [6.45, 7) is 2.17. The number of para-hydroxylation sites is 1. The van der Waals surface area contributed by atoms with Crippen LogP contribution >= 0.6 is 0 Å². The molecule has 0 N–H and O–H groups in total. The highest BCUT2D eigenvalue weighted by atomic mass is 16.7. The molecule has 0 radical (unpaired) electrons. The van der Waals surface area contributed by atoms with E-state index >= 15 is 0 Å². The predicted octanol–water partition coefficient (Wildman–Crippen LogP) is 4.54. The van der Waals surface area contributed by atoms with E-state index in [2.05, 4.69) is 6.92 Å². The van der Waals surface area contributed by atoms with Crippen LogP contribution in [0.5, 0.6) is 5.75 Å². The molecule has 1 unspecified atom stereocenters. The van der Waals surface area contributed by atoms with E-state index in [1.807, 2.05) is 30.3 Å². The minimum absolute atomic E-state index is 0.0829. The molecule has 0 bridgehead atoms. The van der Waals surface area contributed by atoms with E-state index in [9.17, 15) is 0 Å². The van der Waals surface area contributed by atoms with Crippen LogP contribution in [0.2, 0.25) is 0 Å². The van der Waals surface area contributed by atoms with Gasteiger partial charge in [-0.05, 0) is 25.0 Å². The van der Waals surface area contributed by atoms with Crippen molar-refractivity contribution in [1.29, 1.82) is 0 Å². The maximum Gasteiger partial charge on any atom is 0.200 e. The maximum absolute atomic E-state index is 6.11. The summed E-state index contributed by atoms with van der Waals surface area (Å²) in [7, 11) is 0. The highest BCUT2D eigenvalue weighted by Gasteiger charge is 2.19. The highest BCUT2D eigenvalue weighted by molar-refractivity contribution is 5.21. The van der Waals surface area contributed by atoms with Gasteiger partial charge in [-0.3, -0.25) is 0 Å². The molecule has 0 spiro atoms. The molecular weight excluding hydrogens is 224 g/mol. The van der Waals surface area contributed by atoms with E-state index in [0.29, 0.717) is 6.10 Å². The average molecular weight is 248 g/mol. The van der Waals surface area contributed by atoms with Crippen LogP contribution in [0.15, 0.2) is 30.3 Å². The second kappa shape index (κ2) is 7.42. The summed E-state index contributed by atoms with van der Waals surface area (Å²) < 4.78 is 12.0. The fourth-order valence-electron chi connectivity index (χ4n) is 2.46. The number of hydrogen-bond donors (Lipinski definition) is 0. The van der Waals surface area contributed by atoms with Crippen LogP contribution in [0.4, 0.5) is 0 Å². The van der Waals surface area contributed by atoms with Gasteiger partial charge in [0.1, 0.15) is 5.75 Å². The summed E-state index contributed by atoms with van der Waals surface area (Å²) in [5, 5.41) is 0. The lowest BCUT2D eigenvalue weighted by Gasteiger charge is -2.27. The zero-order valence-corrected chi connectivity index (χ0v) is 11.3. The molecule has 2 nitrogen and oxygen atoms in total. The van der Waals surface area contributed by atoms with Crippen LogP contribution in [-0.4, -0.2) is 12.4 Å². The van der Waals surface area contributed by atoms with E-state index in [1.54, 1.807) is 0 Å². The second-order valence-corrected chi connectivity index (χ2v) is 5.05. The minimum Gasteiger partial charge on any atom is -0.465 e. The summed E-state index contributed by atoms with van der Waals surface area (Å²) in [5.74, 6) is 0.909. The Labute approximate surface area is 110 Å². The van der Waals surface area contributed by atoms with Crippen LogP contribution in [0.3, 0.4) is 0 Å². The Hall–Kier alpha value is -1.02. The number of benzene rings is 1. The third kappa shape index (κ3) is 4.34. The molecule has 1 atom stereocenters. The van der Waals surface area contributed by atoms with Gasteiger partial charge in [-0.2, -0.15) is 0 Å². The molecule has 0 saturated heterocycles. The fraction of sp³-hybridized carbons (Fsp3) is 0.625. The lowest BCUT2D eigenvalue weighted by atomic mass is 9.98. The number of hydrogen-bond acceptors (Lipinski definition) is 2. The number of ether oxygens (including phenoxy) is 2. The van der Waals surface area contributed by atoms with Gasteiger partial charge in [-0.25, -0.2) is 0 Å². The van der Waals surface area contributed by atoms with Gasteiger partial charge < -0.3 is 9.47 Å². The number of rotatable bonds is 6. The largest absolute Gasteiger partial charge is 0.465 e. The smallest absolute Gasteiger partial charge is 0.200 e. The van der Waals surface area contributed by atoms with Gasteiger partial charge in [0.05, 0.1) is 6.10 Å². The summed E-state index contributed by atoms with van der Waals surface area (Å²) in [6.07, 6.45) is 8.72. The topological polar surface area (TPSA) is 18.5 Å². The molecule has 100 valence electrons. The standard InChI is InChI=1S/C16H24O2/c1-2-9-16(17-14-10-5-3-6-11-14)18-15-12-7-4-8-13-15/h3,5-6,10-11,15-16H,2,4,7-9,12-13H2,1H3. The molecule has 1 aliphatic rings. The van der Waals surface area contributed by atoms with Crippen molar-refractivity contribution in [2.45, 2.75) is 64.3 Å². The zero-order valence-electron chi connectivity index (χ0n) is 11.3. The first-order valence-corrected chi connectivity index (χ1v) is 7.25. The maximum atomic E-state index is 6.11. The van der Waals surface area contributed by atoms with Gasteiger partial charge in [0.2, 0.25) is 0 Å². The van der Waals surface area contributed by atoms with Gasteiger partial charge in [0, 0.05) is 6.42 Å². The molecule has 0 aromatic heterocycles. The van der Waals surface area contributed by atoms with E-state index in [0.717, 1.165) is 18.6 Å². The van der Waals surface area contributed by atoms with Crippen molar-refractivity contribution in [2.75, 3.05) is 0 Å². The Morgan fingerprint density at radius 1 is 1.11 bits per heavy atom. The van der Waals surface area contributed by atoms with Crippen molar-refractivity contribution < 1.29 is 9.47 Å². The first-order valence-electron chi connectivity index (χ1n) is 7.25. The van der Waals surface area contributed by atoms with Crippen LogP contribution < -0.4 is 4.74 Å². The molecule has 1 aliphatic carbocycles. The van der Waals surface area contributed by atoms with Gasteiger partial charge in [0.15, 0.2) is 6.29 Å². The zero-order chi connectivity index (χ0) is 12.6. The van der Waals surface area contributed by atoms with Crippen molar-refractivity contribution in [1.82, 2.24) is 0 Å². The summed E-state index contributed by atoms with van der Waals surface area (Å²) in [5.41, 5.74) is 0. The highest BCUT2D eigenvalue weighted by Crippen LogP contribution is 2.24. The van der Waals surface area contributed by atoms with Crippen LogP contribution in [0.1, 0.15) is 51.9 Å². The summed E-state index contributed by atoms with van der Waals surface area (Å²) >= 11 is 0. The third-order valence-electron chi connectivity index (χ3n) is 3.43. The van der Waals surface area contributed by atoms with Gasteiger partial charge in [0.25, 0.3) is 0 Å². The molecule has 2 heteroatoms. The molecule has 0 aliphatic heterocycles. The Bertz CT molecular complexity index is 317. The van der Waals surface area contributed by atoms with Gasteiger partial charge in [-0.1, -0.05) is 50.8 Å². The molecule has 0 heterocycles. The van der Waals surface area contributed by atoms with Crippen LogP contribution in [0, 0.1) is 0 Å². The quantitative estimate of drug-likeness (QED) is 0.688. The van der Waals surface area contributed by atoms with E-state index in [4.69, 9.17) is 9.47 Å². The molecule has 1 saturated carbocycles. The lowest BCUT2D eigenvalue weighted by Crippen LogP contribution is -2.28. The van der Waals surface area contributed by atoms with E-state index in [-0.39, 0.29) is 6.29 Å². The average Bonchev–Trinajstić information content (AvgIpc) is 2.41. The first kappa shape index (κ1) is 13.4. The van der Waals surface area contributed by atoms with Crippen LogP contribution in [0.25, 0.3) is 0 Å². The van der Waals surface area contributed by atoms with Crippen molar-refractivity contribution >= 4 is 0 Å². The normalized spacial score (nSPS) is 18.5. The molecule has 18 heavy (non-hydrogen) atoms. The van der Waals surface area contributed by atoms with E-state index < -0.39 is 0 Å². The Morgan fingerprint density at radius 2 is 1.83 bits per heavy atom. The molecule has 2 rings (SSSR count). The molecular formula is C16H24O2. The second-order valence-electron chi connectivity index (χ2n) is 5.05. The molecule has 0 amide bonds. The lowest BCUT2D eigenvalue weighted by molar-refractivity contribution is -0.131. The fourth-order valence-corrected chi connectivity index (χ4v) is 2.46. The van der Waals surface area contributed by atoms with Crippen molar-refractivity contribution in [3.63, 3.8) is 0 Å². The monoisotopic (exact) mass is 248 g/mol. The third-order valence-corrected chi connectivity index (χ3v) is 3.43. The Morgan fingerprint density at radius 3 is 2.50 bits per heavy atom. The molecule has 1 fully saturated rings. The predicted molar refractivity (Wildman–Crippen MR) is 73.7 cm³/mol. The van der Waals surface area contributed by atoms with Gasteiger partial charge >= 0.3 is 0 Å². The van der Waals surface area contributed by atoms with Crippen LogP contribution in [-0.2, 0) is 4.74 Å². The van der Waals surface area contributed by atoms with Crippen molar-refractivity contribution in [2.24, 2.45) is 0 Å². The SMILES string of the molecule is CCCC(Oc1ccccc1)OC1CCCCC1. The van der Waals surface area contributed by atoms with Crippen molar-refractivity contribution in [3.05, 3.63) is 30.3 Å². The van der Waals surface area contributed by atoms with E-state index in [1.165, 1.54) is 32.1 Å². The minimum atomic E-state index is -0.0829. The Kier molecular flexibility index (Phi) is 5.53. The summed E-state index contributed by atoms with van der Waals surface area (Å²) in [6, 6.07) is 9.99. The van der Waals surface area contributed by atoms with Gasteiger partial charge in [-0.15, -0.1) is 0 Å². The Balaban J connectivity index is 1.86. The summed E-state index contributed by atoms with van der Waals surface area (Å²) in [4.78, 5) is 0. The first-order chi connectivity index (χ1) is 8.88. The van der Waals surface area contributed by atoms with Crippen molar-refractivity contribution in [3.8, 4) is 5.75 Å².